The van der Waals surface area contributed by atoms with E-state index in [1.54, 1.807) is 87.8 Å². The van der Waals surface area contributed by atoms with Crippen molar-refractivity contribution >= 4 is 34.7 Å². The Bertz CT molecular complexity index is 1580. The van der Waals surface area contributed by atoms with Gasteiger partial charge in [-0.1, -0.05) is 38.4 Å². The molecule has 0 aliphatic carbocycles. The van der Waals surface area contributed by atoms with Crippen molar-refractivity contribution in [1.82, 2.24) is 9.38 Å². The van der Waals surface area contributed by atoms with Gasteiger partial charge in [0.05, 0.1) is 22.3 Å². The first-order valence-corrected chi connectivity index (χ1v) is 13.4. The lowest BCUT2D eigenvalue weighted by atomic mass is 9.79. The van der Waals surface area contributed by atoms with Crippen molar-refractivity contribution < 1.29 is 24.2 Å². The molecule has 0 spiro atoms. The number of carbonyl (C=O) groups excluding carboxylic acids is 2. The minimum absolute atomic E-state index is 0.0314. The molecule has 1 N–H and O–H groups in total. The van der Waals surface area contributed by atoms with Gasteiger partial charge in [-0.05, 0) is 75.2 Å². The molecule has 8 heteroatoms. The van der Waals surface area contributed by atoms with Gasteiger partial charge in [-0.15, -0.1) is 0 Å². The number of benzene rings is 1. The molecule has 208 valence electrons. The molecule has 3 heterocycles. The SMILES string of the molecule is C[C@@H](Oc1ccn2c(C(=O)c3ccc(Cl)cc3)c(CC(C)(C)C(=O)O)c(C(=O)C(C)(C)C)c2c1)c1ccccn1. The average Bonchev–Trinajstić information content (AvgIpc) is 3.20. The van der Waals surface area contributed by atoms with Crippen molar-refractivity contribution in [2.24, 2.45) is 10.8 Å². The molecule has 0 saturated heterocycles. The average molecular weight is 561 g/mol. The predicted molar refractivity (Wildman–Crippen MR) is 154 cm³/mol. The number of ketones is 2. The molecule has 0 amide bonds. The van der Waals surface area contributed by atoms with Gasteiger partial charge in [-0.3, -0.25) is 19.4 Å². The molecule has 4 rings (SSSR count). The maximum atomic E-state index is 14.0. The third kappa shape index (κ3) is 5.80. The Kier molecular flexibility index (Phi) is 7.90. The maximum Gasteiger partial charge on any atom is 0.309 e. The normalized spacial score (nSPS) is 12.8. The van der Waals surface area contributed by atoms with Crippen LogP contribution < -0.4 is 4.74 Å². The number of aromatic nitrogens is 2. The number of carbonyl (C=O) groups is 3. The lowest BCUT2D eigenvalue weighted by molar-refractivity contribution is -0.146. The quantitative estimate of drug-likeness (QED) is 0.217. The molecule has 4 aromatic rings. The molecule has 0 fully saturated rings. The van der Waals surface area contributed by atoms with Crippen LogP contribution in [0.25, 0.3) is 5.52 Å². The Morgan fingerprint density at radius 1 is 1.02 bits per heavy atom. The zero-order valence-electron chi connectivity index (χ0n) is 23.5. The number of Topliss-reactive ketones (excluding diaryl/α,β-unsaturated/α-hetero) is 1. The van der Waals surface area contributed by atoms with Gasteiger partial charge in [-0.25, -0.2) is 0 Å². The van der Waals surface area contributed by atoms with Gasteiger partial charge >= 0.3 is 5.97 Å². The molecule has 0 unspecified atom stereocenters. The summed E-state index contributed by atoms with van der Waals surface area (Å²) in [5.41, 5.74) is 0.478. The van der Waals surface area contributed by atoms with E-state index in [1.165, 1.54) is 0 Å². The standard InChI is InChI=1S/C32H33ClN2O5/c1-19(24-9-7-8-15-34-24)40-22-14-16-35-25(17-22)26(29(37)31(2,3)4)23(18-32(5,6)30(38)39)27(35)28(36)20-10-12-21(33)13-11-20/h7-17,19H,18H2,1-6H3,(H,38,39)/t19-/m1/s1. The van der Waals surface area contributed by atoms with Crippen molar-refractivity contribution in [2.75, 3.05) is 0 Å². The topological polar surface area (TPSA) is 98.0 Å². The van der Waals surface area contributed by atoms with E-state index in [1.807, 2.05) is 25.1 Å². The second-order valence-electron chi connectivity index (χ2n) is 11.6. The summed E-state index contributed by atoms with van der Waals surface area (Å²) in [7, 11) is 0. The summed E-state index contributed by atoms with van der Waals surface area (Å²) in [4.78, 5) is 44.6. The first-order chi connectivity index (χ1) is 18.7. The second-order valence-corrected chi connectivity index (χ2v) is 12.1. The van der Waals surface area contributed by atoms with E-state index in [4.69, 9.17) is 16.3 Å². The molecule has 0 aliphatic rings. The summed E-state index contributed by atoms with van der Waals surface area (Å²) >= 11 is 6.06. The van der Waals surface area contributed by atoms with Crippen molar-refractivity contribution in [1.29, 1.82) is 0 Å². The molecule has 0 aliphatic heterocycles. The number of rotatable bonds is 9. The van der Waals surface area contributed by atoms with Gasteiger partial charge in [0.25, 0.3) is 0 Å². The minimum atomic E-state index is -1.25. The Morgan fingerprint density at radius 2 is 1.70 bits per heavy atom. The monoisotopic (exact) mass is 560 g/mol. The van der Waals surface area contributed by atoms with Gasteiger partial charge in [0.2, 0.25) is 5.78 Å². The Hall–Kier alpha value is -3.97. The smallest absolute Gasteiger partial charge is 0.309 e. The fourth-order valence-corrected chi connectivity index (χ4v) is 4.67. The van der Waals surface area contributed by atoms with Gasteiger partial charge in [0, 0.05) is 40.0 Å². The van der Waals surface area contributed by atoms with E-state index >= 15 is 0 Å². The van der Waals surface area contributed by atoms with Crippen LogP contribution in [-0.4, -0.2) is 32.0 Å². The van der Waals surface area contributed by atoms with Gasteiger partial charge in [-0.2, -0.15) is 0 Å². The van der Waals surface area contributed by atoms with Crippen LogP contribution in [0.5, 0.6) is 5.75 Å². The van der Waals surface area contributed by atoms with Crippen LogP contribution in [0.15, 0.2) is 67.0 Å². The number of halogens is 1. The molecule has 0 radical (unpaired) electrons. The molecule has 1 aromatic carbocycles. The fourth-order valence-electron chi connectivity index (χ4n) is 4.54. The molecule has 40 heavy (non-hydrogen) atoms. The molecular weight excluding hydrogens is 528 g/mol. The Morgan fingerprint density at radius 3 is 2.27 bits per heavy atom. The van der Waals surface area contributed by atoms with Crippen LogP contribution in [0.2, 0.25) is 5.02 Å². The van der Waals surface area contributed by atoms with Crippen LogP contribution in [0.4, 0.5) is 0 Å². The van der Waals surface area contributed by atoms with Crippen LogP contribution in [0.1, 0.15) is 85.3 Å². The van der Waals surface area contributed by atoms with Gasteiger partial charge in [0.15, 0.2) is 5.78 Å². The van der Waals surface area contributed by atoms with E-state index < -0.39 is 16.8 Å². The number of ether oxygens (including phenoxy) is 1. The molecule has 7 nitrogen and oxygen atoms in total. The van der Waals surface area contributed by atoms with Crippen LogP contribution in [-0.2, 0) is 11.2 Å². The zero-order valence-corrected chi connectivity index (χ0v) is 24.2. The van der Waals surface area contributed by atoms with Crippen LogP contribution in [0.3, 0.4) is 0 Å². The predicted octanol–water partition coefficient (Wildman–Crippen LogP) is 7.24. The highest BCUT2D eigenvalue weighted by Gasteiger charge is 2.37. The number of aliphatic carboxylic acids is 1. The van der Waals surface area contributed by atoms with E-state index in [0.717, 1.165) is 5.69 Å². The number of fused-ring (bicyclic) bond motifs is 1. The molecular formula is C32H33ClN2O5. The molecule has 1 atom stereocenters. The van der Waals surface area contributed by atoms with E-state index in [0.29, 0.717) is 33.0 Å². The molecule has 3 aromatic heterocycles. The first-order valence-electron chi connectivity index (χ1n) is 13.0. The molecule has 0 saturated carbocycles. The number of nitrogens with zero attached hydrogens (tertiary/aromatic N) is 2. The summed E-state index contributed by atoms with van der Waals surface area (Å²) in [6.45, 7) is 10.5. The van der Waals surface area contributed by atoms with Crippen molar-refractivity contribution in [3.63, 3.8) is 0 Å². The van der Waals surface area contributed by atoms with Crippen LogP contribution in [0, 0.1) is 10.8 Å². The summed E-state index contributed by atoms with van der Waals surface area (Å²) < 4.78 is 7.86. The number of hydrogen-bond donors (Lipinski definition) is 1. The fraction of sp³-hybridized carbons (Fsp3) is 0.312. The highest BCUT2D eigenvalue weighted by Crippen LogP contribution is 2.37. The maximum absolute atomic E-state index is 14.0. The highest BCUT2D eigenvalue weighted by atomic mass is 35.5. The largest absolute Gasteiger partial charge is 0.484 e. The number of pyridine rings is 2. The van der Waals surface area contributed by atoms with Crippen molar-refractivity contribution in [3.05, 3.63) is 100 Å². The third-order valence-electron chi connectivity index (χ3n) is 6.86. The number of carboxylic acid groups (broad SMARTS) is 1. The van der Waals surface area contributed by atoms with Crippen molar-refractivity contribution in [2.45, 2.75) is 54.1 Å². The number of carboxylic acids is 1. The van der Waals surface area contributed by atoms with E-state index in [2.05, 4.69) is 4.98 Å². The lowest BCUT2D eigenvalue weighted by Gasteiger charge is -2.22. The van der Waals surface area contributed by atoms with E-state index in [-0.39, 0.29) is 29.8 Å². The summed E-state index contributed by atoms with van der Waals surface area (Å²) in [5, 5.41) is 10.5. The summed E-state index contributed by atoms with van der Waals surface area (Å²) in [6, 6.07) is 15.5. The summed E-state index contributed by atoms with van der Waals surface area (Å²) in [5.74, 6) is -1.09. The lowest BCUT2D eigenvalue weighted by Crippen LogP contribution is -2.29. The minimum Gasteiger partial charge on any atom is -0.484 e. The van der Waals surface area contributed by atoms with E-state index in [9.17, 15) is 19.5 Å². The zero-order chi connectivity index (χ0) is 29.4. The highest BCUT2D eigenvalue weighted by molar-refractivity contribution is 6.30. The van der Waals surface area contributed by atoms with Gasteiger partial charge < -0.3 is 14.2 Å². The Labute approximate surface area is 238 Å². The first kappa shape index (κ1) is 29.0. The Balaban J connectivity index is 1.99. The third-order valence-corrected chi connectivity index (χ3v) is 7.11. The number of hydrogen-bond acceptors (Lipinski definition) is 5. The second kappa shape index (κ2) is 10.9. The summed E-state index contributed by atoms with van der Waals surface area (Å²) in [6.07, 6.45) is 2.98. The van der Waals surface area contributed by atoms with Crippen LogP contribution >= 0.6 is 11.6 Å². The molecule has 0 bridgehead atoms. The van der Waals surface area contributed by atoms with Crippen molar-refractivity contribution in [3.8, 4) is 5.75 Å². The van der Waals surface area contributed by atoms with Gasteiger partial charge in [0.1, 0.15) is 11.9 Å².